The molecule has 0 aliphatic carbocycles. The number of nitrogens with zero attached hydrogens (tertiary/aromatic N) is 2. The number of aliphatic carboxylic acids is 2. The van der Waals surface area contributed by atoms with Gasteiger partial charge >= 0.3 is 11.9 Å². The summed E-state index contributed by atoms with van der Waals surface area (Å²) in [7, 11) is -1.61. The van der Waals surface area contributed by atoms with Gasteiger partial charge in [0.2, 0.25) is 0 Å². The van der Waals surface area contributed by atoms with E-state index in [1.54, 1.807) is 52.8 Å². The fourth-order valence-electron chi connectivity index (χ4n) is 4.22. The van der Waals surface area contributed by atoms with E-state index in [0.29, 0.717) is 31.6 Å². The normalized spacial score (nSPS) is 11.2. The average Bonchev–Trinajstić information content (AvgIpc) is 2.95. The quantitative estimate of drug-likeness (QED) is 0.161. The summed E-state index contributed by atoms with van der Waals surface area (Å²) in [6, 6.07) is 19.5. The van der Waals surface area contributed by atoms with Crippen LogP contribution < -0.4 is 18.1 Å². The molecule has 14 heteroatoms. The fraction of sp³-hybridized carbons (Fsp3) is 0.143. The van der Waals surface area contributed by atoms with Crippen LogP contribution in [0, 0.1) is 0 Å². The van der Waals surface area contributed by atoms with E-state index in [4.69, 9.17) is 9.47 Å². The summed E-state index contributed by atoms with van der Waals surface area (Å²) in [6.45, 7) is -1.27. The number of carboxylic acids is 2. The second kappa shape index (κ2) is 13.2. The number of carboxylic acid groups (broad SMARTS) is 2. The first-order valence-electron chi connectivity index (χ1n) is 12.1. The number of anilines is 2. The smallest absolute Gasteiger partial charge is 0.324 e. The molecule has 0 bridgehead atoms. The van der Waals surface area contributed by atoms with Crippen LogP contribution in [0.1, 0.15) is 0 Å². The van der Waals surface area contributed by atoms with Gasteiger partial charge in [-0.05, 0) is 60.5 Å². The van der Waals surface area contributed by atoms with Gasteiger partial charge in [-0.15, -0.1) is 0 Å². The molecule has 0 fully saturated rings. The van der Waals surface area contributed by atoms with Crippen molar-refractivity contribution in [3.8, 4) is 11.5 Å². The third-order valence-corrected chi connectivity index (χ3v) is 9.87. The molecular weight excluding hydrogens is 716 g/mol. The van der Waals surface area contributed by atoms with Gasteiger partial charge in [0.05, 0.1) is 30.5 Å². The van der Waals surface area contributed by atoms with Crippen LogP contribution >= 0.6 is 43.8 Å². The molecular formula is C28H24Br2N2O8S2. The van der Waals surface area contributed by atoms with Gasteiger partial charge in [0.1, 0.15) is 29.5 Å². The number of ether oxygens (including phenoxy) is 2. The molecule has 0 saturated heterocycles. The second-order valence-corrected chi connectivity index (χ2v) is 13.4. The van der Waals surface area contributed by atoms with E-state index < -0.39 is 35.1 Å². The average molecular weight is 740 g/mol. The number of methoxy groups -OCH3 is 2. The minimum atomic E-state index is -4.44. The molecule has 0 radical (unpaired) electrons. The maximum atomic E-state index is 14.0. The Morgan fingerprint density at radius 1 is 0.786 bits per heavy atom. The van der Waals surface area contributed by atoms with E-state index in [0.717, 1.165) is 20.7 Å². The Kier molecular flexibility index (Phi) is 9.92. The fourth-order valence-corrected chi connectivity index (χ4v) is 7.51. The van der Waals surface area contributed by atoms with Gasteiger partial charge in [0.25, 0.3) is 10.0 Å². The minimum absolute atomic E-state index is 0.0353. The van der Waals surface area contributed by atoms with Crippen molar-refractivity contribution in [2.45, 2.75) is 9.79 Å². The zero-order chi connectivity index (χ0) is 30.6. The van der Waals surface area contributed by atoms with Crippen LogP contribution in [0.5, 0.6) is 11.5 Å². The Labute approximate surface area is 263 Å². The Bertz CT molecular complexity index is 1770. The minimum Gasteiger partial charge on any atom is -0.495 e. The number of benzene rings is 4. The van der Waals surface area contributed by atoms with Crippen molar-refractivity contribution >= 4 is 87.9 Å². The van der Waals surface area contributed by atoms with Crippen molar-refractivity contribution in [2.24, 2.45) is 0 Å². The molecule has 0 unspecified atom stereocenters. The Morgan fingerprint density at radius 3 is 1.93 bits per heavy atom. The lowest BCUT2D eigenvalue weighted by atomic mass is 10.1. The summed E-state index contributed by atoms with van der Waals surface area (Å²) >= 11 is 7.83. The van der Waals surface area contributed by atoms with Gasteiger partial charge in [-0.3, -0.25) is 13.9 Å². The number of halogens is 2. The van der Waals surface area contributed by atoms with Crippen molar-refractivity contribution in [2.75, 3.05) is 35.9 Å². The lowest BCUT2D eigenvalue weighted by molar-refractivity contribution is -0.136. The van der Waals surface area contributed by atoms with Gasteiger partial charge < -0.3 is 24.0 Å². The van der Waals surface area contributed by atoms with E-state index >= 15 is 0 Å². The van der Waals surface area contributed by atoms with Crippen molar-refractivity contribution in [1.82, 2.24) is 0 Å². The van der Waals surface area contributed by atoms with Crippen molar-refractivity contribution in [1.29, 1.82) is 0 Å². The van der Waals surface area contributed by atoms with Crippen LogP contribution in [0.25, 0.3) is 10.8 Å². The first-order valence-corrected chi connectivity index (χ1v) is 15.9. The van der Waals surface area contributed by atoms with Crippen LogP contribution in [-0.2, 0) is 19.6 Å². The Balaban J connectivity index is 1.90. The van der Waals surface area contributed by atoms with Gasteiger partial charge in [-0.25, -0.2) is 8.42 Å². The number of hydrogen-bond donors (Lipinski definition) is 2. The summed E-state index contributed by atoms with van der Waals surface area (Å²) < 4.78 is 42.4. The second-order valence-electron chi connectivity index (χ2n) is 8.67. The monoisotopic (exact) mass is 738 g/mol. The lowest BCUT2D eigenvalue weighted by Crippen LogP contribution is -2.36. The first kappa shape index (κ1) is 31.5. The van der Waals surface area contributed by atoms with E-state index in [1.165, 1.54) is 38.5 Å². The van der Waals surface area contributed by atoms with Crippen LogP contribution in [0.3, 0.4) is 0 Å². The highest BCUT2D eigenvalue weighted by Gasteiger charge is 2.32. The number of carbonyl (C=O) groups is 2. The highest BCUT2D eigenvalue weighted by Crippen LogP contribution is 2.42. The molecule has 0 aromatic heterocycles. The summed E-state index contributed by atoms with van der Waals surface area (Å²) in [6.07, 6.45) is 0. The van der Waals surface area contributed by atoms with Gasteiger partial charge in [-0.2, -0.15) is 0 Å². The van der Waals surface area contributed by atoms with Crippen molar-refractivity contribution < 1.29 is 37.7 Å². The maximum absolute atomic E-state index is 14.0. The lowest BCUT2D eigenvalue weighted by Gasteiger charge is -2.28. The maximum Gasteiger partial charge on any atom is 0.324 e. The Hall–Kier alpha value is -3.46. The summed E-state index contributed by atoms with van der Waals surface area (Å²) in [5.74, 6) is -1.90. The molecule has 0 atom stereocenters. The van der Waals surface area contributed by atoms with Gasteiger partial charge in [-0.1, -0.05) is 56.1 Å². The van der Waals surface area contributed by atoms with Gasteiger partial charge in [0.15, 0.2) is 0 Å². The summed E-state index contributed by atoms with van der Waals surface area (Å²) in [5, 5.41) is 20.4. The molecule has 4 rings (SSSR count). The molecule has 220 valence electrons. The van der Waals surface area contributed by atoms with Crippen LogP contribution in [0.2, 0.25) is 0 Å². The zero-order valence-electron chi connectivity index (χ0n) is 22.2. The van der Waals surface area contributed by atoms with Crippen LogP contribution in [0.4, 0.5) is 11.4 Å². The standard InChI is InChI=1S/C28H24Br2N2O8S2/c1-39-23-13-17(29)7-11-25(23)41-31(15-27(33)34)21-9-10-22(20-6-4-3-5-19(20)21)32(16-28(35)36)42(37,38)26-12-8-18(30)14-24(26)40-2/h3-14H,15-16H2,1-2H3,(H,33,34)(H,35,36). The predicted molar refractivity (Wildman–Crippen MR) is 168 cm³/mol. The SMILES string of the molecule is COc1cc(Br)ccc1SN(CC(=O)O)c1ccc(N(CC(=O)O)S(=O)(=O)c2ccc(Br)cc2OC)c2ccccc12. The molecule has 0 spiro atoms. The highest BCUT2D eigenvalue weighted by atomic mass is 79.9. The van der Waals surface area contributed by atoms with E-state index in [1.807, 2.05) is 0 Å². The molecule has 0 amide bonds. The summed E-state index contributed by atoms with van der Waals surface area (Å²) in [4.78, 5) is 24.3. The topological polar surface area (TPSA) is 134 Å². The number of fused-ring (bicyclic) bond motifs is 1. The number of sulfonamides is 1. The molecule has 10 nitrogen and oxygen atoms in total. The van der Waals surface area contributed by atoms with Crippen LogP contribution in [0.15, 0.2) is 91.5 Å². The zero-order valence-corrected chi connectivity index (χ0v) is 27.0. The highest BCUT2D eigenvalue weighted by molar-refractivity contribution is 9.10. The molecule has 0 aliphatic heterocycles. The third-order valence-electron chi connectivity index (χ3n) is 6.00. The predicted octanol–water partition coefficient (Wildman–Crippen LogP) is 6.26. The van der Waals surface area contributed by atoms with Crippen LogP contribution in [-0.4, -0.2) is 57.9 Å². The molecule has 4 aromatic carbocycles. The van der Waals surface area contributed by atoms with Gasteiger partial charge in [0, 0.05) is 19.7 Å². The molecule has 42 heavy (non-hydrogen) atoms. The Morgan fingerprint density at radius 2 is 1.33 bits per heavy atom. The van der Waals surface area contributed by atoms with E-state index in [2.05, 4.69) is 31.9 Å². The number of rotatable bonds is 12. The van der Waals surface area contributed by atoms with Crippen molar-refractivity contribution in [3.05, 3.63) is 81.7 Å². The van der Waals surface area contributed by atoms with E-state index in [-0.39, 0.29) is 16.3 Å². The molecule has 0 heterocycles. The summed E-state index contributed by atoms with van der Waals surface area (Å²) in [5.41, 5.74) is 0.573. The van der Waals surface area contributed by atoms with Crippen molar-refractivity contribution in [3.63, 3.8) is 0 Å². The largest absolute Gasteiger partial charge is 0.495 e. The molecule has 4 aromatic rings. The van der Waals surface area contributed by atoms with E-state index in [9.17, 15) is 28.2 Å². The molecule has 0 saturated carbocycles. The molecule has 0 aliphatic rings. The third kappa shape index (κ3) is 6.77. The molecule has 2 N–H and O–H groups in total. The number of hydrogen-bond acceptors (Lipinski definition) is 8. The first-order chi connectivity index (χ1) is 20.0.